The lowest BCUT2D eigenvalue weighted by atomic mass is 9.81. The van der Waals surface area contributed by atoms with E-state index in [-0.39, 0.29) is 17.3 Å². The standard InChI is InChI=1S/C21H26F2N4O2/c1-25-13-15-5-3-4-6-18(15)29-21(14-25)10-7-16(8-11-21)26(2)19(28)17-9-12-24-27(17)20(22)23/h3-6,9,12,16,20H,7-8,10-11,13-14H2,1-2H3. The predicted molar refractivity (Wildman–Crippen MR) is 104 cm³/mol. The Kier molecular flexibility index (Phi) is 5.29. The molecule has 0 radical (unpaired) electrons. The second-order valence-electron chi connectivity index (χ2n) is 8.15. The van der Waals surface area contributed by atoms with Crippen LogP contribution < -0.4 is 4.74 Å². The van der Waals surface area contributed by atoms with Crippen LogP contribution in [0.3, 0.4) is 0 Å². The molecule has 1 fully saturated rings. The molecule has 0 N–H and O–H groups in total. The third kappa shape index (κ3) is 3.85. The van der Waals surface area contributed by atoms with Crippen molar-refractivity contribution < 1.29 is 18.3 Å². The molecule has 1 aromatic heterocycles. The first kappa shape index (κ1) is 19.8. The van der Waals surface area contributed by atoms with E-state index in [4.69, 9.17) is 4.74 Å². The van der Waals surface area contributed by atoms with Crippen LogP contribution in [0.1, 0.15) is 48.3 Å². The monoisotopic (exact) mass is 404 g/mol. The van der Waals surface area contributed by atoms with Gasteiger partial charge in [0, 0.05) is 37.9 Å². The molecule has 1 aromatic carbocycles. The van der Waals surface area contributed by atoms with Crippen molar-refractivity contribution in [1.29, 1.82) is 0 Å². The summed E-state index contributed by atoms with van der Waals surface area (Å²) >= 11 is 0. The Hall–Kier alpha value is -2.48. The van der Waals surface area contributed by atoms with Crippen molar-refractivity contribution in [1.82, 2.24) is 19.6 Å². The lowest BCUT2D eigenvalue weighted by Gasteiger charge is -2.43. The molecule has 8 heteroatoms. The fourth-order valence-electron chi connectivity index (χ4n) is 4.60. The van der Waals surface area contributed by atoms with E-state index in [2.05, 4.69) is 23.1 Å². The number of hydrogen-bond donors (Lipinski definition) is 0. The number of hydrogen-bond acceptors (Lipinski definition) is 4. The molecule has 2 aliphatic rings. The first-order valence-electron chi connectivity index (χ1n) is 9.93. The Labute approximate surface area is 169 Å². The van der Waals surface area contributed by atoms with E-state index in [1.807, 2.05) is 18.2 Å². The number of rotatable bonds is 3. The normalized spacial score (nSPS) is 24.8. The number of amides is 1. The van der Waals surface area contributed by atoms with Crippen LogP contribution in [0.2, 0.25) is 0 Å². The molecule has 0 unspecified atom stereocenters. The Balaban J connectivity index is 1.46. The van der Waals surface area contributed by atoms with Gasteiger partial charge in [0.25, 0.3) is 5.91 Å². The van der Waals surface area contributed by atoms with Gasteiger partial charge in [-0.2, -0.15) is 18.6 Å². The fourth-order valence-corrected chi connectivity index (χ4v) is 4.60. The summed E-state index contributed by atoms with van der Waals surface area (Å²) in [6.07, 6.45) is 4.38. The Bertz CT molecular complexity index is 877. The van der Waals surface area contributed by atoms with E-state index in [1.54, 1.807) is 11.9 Å². The van der Waals surface area contributed by atoms with Crippen LogP contribution in [0, 0.1) is 0 Å². The summed E-state index contributed by atoms with van der Waals surface area (Å²) in [6.45, 7) is -1.16. The van der Waals surface area contributed by atoms with Gasteiger partial charge in [-0.3, -0.25) is 9.69 Å². The smallest absolute Gasteiger partial charge is 0.333 e. The fraction of sp³-hybridized carbons (Fsp3) is 0.524. The number of fused-ring (bicyclic) bond motifs is 1. The number of alkyl halides is 2. The number of nitrogens with zero attached hydrogens (tertiary/aromatic N) is 4. The van der Waals surface area contributed by atoms with Crippen molar-refractivity contribution >= 4 is 5.91 Å². The van der Waals surface area contributed by atoms with Crippen LogP contribution >= 0.6 is 0 Å². The predicted octanol–water partition coefficient (Wildman–Crippen LogP) is 3.56. The molecule has 6 nitrogen and oxygen atoms in total. The van der Waals surface area contributed by atoms with Crippen molar-refractivity contribution in [2.24, 2.45) is 0 Å². The van der Waals surface area contributed by atoms with Crippen molar-refractivity contribution in [3.8, 4) is 5.75 Å². The molecular weight excluding hydrogens is 378 g/mol. The Morgan fingerprint density at radius 3 is 2.72 bits per heavy atom. The summed E-state index contributed by atoms with van der Waals surface area (Å²) in [4.78, 5) is 16.6. The van der Waals surface area contributed by atoms with Crippen LogP contribution in [-0.4, -0.2) is 57.8 Å². The van der Waals surface area contributed by atoms with Gasteiger partial charge in [0.05, 0.1) is 0 Å². The molecule has 0 bridgehead atoms. The zero-order valence-corrected chi connectivity index (χ0v) is 16.7. The van der Waals surface area contributed by atoms with Crippen LogP contribution in [0.15, 0.2) is 36.5 Å². The van der Waals surface area contributed by atoms with Crippen molar-refractivity contribution in [2.75, 3.05) is 20.6 Å². The third-order valence-corrected chi connectivity index (χ3v) is 6.11. The lowest BCUT2D eigenvalue weighted by molar-refractivity contribution is -0.00905. The van der Waals surface area contributed by atoms with Gasteiger partial charge in [0.1, 0.15) is 17.0 Å². The van der Waals surface area contributed by atoms with Crippen LogP contribution in [0.4, 0.5) is 8.78 Å². The van der Waals surface area contributed by atoms with E-state index < -0.39 is 12.5 Å². The molecule has 0 atom stereocenters. The molecule has 4 rings (SSSR count). The number of benzene rings is 1. The second kappa shape index (κ2) is 7.74. The summed E-state index contributed by atoms with van der Waals surface area (Å²) in [6, 6.07) is 9.45. The molecule has 1 spiro atoms. The third-order valence-electron chi connectivity index (χ3n) is 6.11. The highest BCUT2D eigenvalue weighted by Gasteiger charge is 2.42. The number of likely N-dealkylation sites (N-methyl/N-ethyl adjacent to an activating group) is 1. The number of halogens is 2. The van der Waals surface area contributed by atoms with Gasteiger partial charge in [-0.25, -0.2) is 0 Å². The van der Waals surface area contributed by atoms with Crippen LogP contribution in [0.5, 0.6) is 5.75 Å². The molecule has 1 saturated carbocycles. The van der Waals surface area contributed by atoms with E-state index in [0.29, 0.717) is 4.68 Å². The molecule has 2 aromatic rings. The summed E-state index contributed by atoms with van der Waals surface area (Å²) in [5, 5.41) is 3.57. The van der Waals surface area contributed by atoms with Gasteiger partial charge in [-0.1, -0.05) is 18.2 Å². The summed E-state index contributed by atoms with van der Waals surface area (Å²) in [5.74, 6) is 0.508. The van der Waals surface area contributed by atoms with Gasteiger partial charge < -0.3 is 9.64 Å². The van der Waals surface area contributed by atoms with Crippen molar-refractivity contribution in [3.05, 3.63) is 47.8 Å². The average Bonchev–Trinajstić information content (AvgIpc) is 3.14. The van der Waals surface area contributed by atoms with Crippen molar-refractivity contribution in [3.63, 3.8) is 0 Å². The van der Waals surface area contributed by atoms with E-state index >= 15 is 0 Å². The Morgan fingerprint density at radius 2 is 2.00 bits per heavy atom. The molecule has 29 heavy (non-hydrogen) atoms. The van der Waals surface area contributed by atoms with E-state index in [1.165, 1.54) is 17.8 Å². The number of aromatic nitrogens is 2. The maximum Gasteiger partial charge on any atom is 0.333 e. The number of ether oxygens (including phenoxy) is 1. The number of carbonyl (C=O) groups excluding carboxylic acids is 1. The van der Waals surface area contributed by atoms with E-state index in [0.717, 1.165) is 44.5 Å². The topological polar surface area (TPSA) is 50.6 Å². The SMILES string of the molecule is CN1Cc2ccccc2OC2(CCC(N(C)C(=O)c3ccnn3C(F)F)CC2)C1. The molecule has 1 amide bonds. The second-order valence-corrected chi connectivity index (χ2v) is 8.15. The summed E-state index contributed by atoms with van der Waals surface area (Å²) < 4.78 is 33.1. The highest BCUT2D eigenvalue weighted by molar-refractivity contribution is 5.92. The van der Waals surface area contributed by atoms with Gasteiger partial charge in [0.2, 0.25) is 0 Å². The molecule has 1 aliphatic heterocycles. The molecule has 0 saturated heterocycles. The highest BCUT2D eigenvalue weighted by atomic mass is 19.3. The zero-order chi connectivity index (χ0) is 20.6. The minimum absolute atomic E-state index is 0.0125. The van der Waals surface area contributed by atoms with E-state index in [9.17, 15) is 13.6 Å². The minimum atomic E-state index is -2.83. The van der Waals surface area contributed by atoms with Gasteiger partial charge in [0.15, 0.2) is 0 Å². The van der Waals surface area contributed by atoms with Crippen LogP contribution in [-0.2, 0) is 6.54 Å². The summed E-state index contributed by atoms with van der Waals surface area (Å²) in [5.41, 5.74) is 0.815. The molecule has 1 aliphatic carbocycles. The largest absolute Gasteiger partial charge is 0.486 e. The number of carbonyl (C=O) groups is 1. The van der Waals surface area contributed by atoms with Gasteiger partial charge >= 0.3 is 6.55 Å². The first-order valence-corrected chi connectivity index (χ1v) is 9.93. The maximum atomic E-state index is 13.1. The minimum Gasteiger partial charge on any atom is -0.486 e. The Morgan fingerprint density at radius 1 is 1.28 bits per heavy atom. The van der Waals surface area contributed by atoms with Gasteiger partial charge in [-0.15, -0.1) is 0 Å². The highest BCUT2D eigenvalue weighted by Crippen LogP contribution is 2.39. The molecule has 156 valence electrons. The lowest BCUT2D eigenvalue weighted by Crippen LogP contribution is -2.51. The molecular formula is C21H26F2N4O2. The maximum absolute atomic E-state index is 13.1. The van der Waals surface area contributed by atoms with Crippen LogP contribution in [0.25, 0.3) is 0 Å². The quantitative estimate of drug-likeness (QED) is 0.785. The average molecular weight is 404 g/mol. The first-order chi connectivity index (χ1) is 13.9. The zero-order valence-electron chi connectivity index (χ0n) is 16.7. The summed E-state index contributed by atoms with van der Waals surface area (Å²) in [7, 11) is 3.78. The number of para-hydroxylation sites is 1. The van der Waals surface area contributed by atoms with Crippen molar-refractivity contribution in [2.45, 2.75) is 50.4 Å². The molecule has 2 heterocycles. The van der Waals surface area contributed by atoms with Gasteiger partial charge in [-0.05, 0) is 44.9 Å².